The SMILES string of the molecule is CC(NC(=O)CC1CNCCO1)C(=O)N1CCOCC1. The van der Waals surface area contributed by atoms with E-state index in [2.05, 4.69) is 10.6 Å². The topological polar surface area (TPSA) is 79.9 Å². The predicted octanol–water partition coefficient (Wildman–Crippen LogP) is -1.27. The van der Waals surface area contributed by atoms with E-state index in [-0.39, 0.29) is 24.3 Å². The predicted molar refractivity (Wildman–Crippen MR) is 72.2 cm³/mol. The van der Waals surface area contributed by atoms with Gasteiger partial charge in [0.25, 0.3) is 0 Å². The molecule has 2 heterocycles. The van der Waals surface area contributed by atoms with Crippen LogP contribution in [0, 0.1) is 0 Å². The van der Waals surface area contributed by atoms with Crippen LogP contribution in [-0.2, 0) is 19.1 Å². The van der Waals surface area contributed by atoms with E-state index in [9.17, 15) is 9.59 Å². The zero-order valence-electron chi connectivity index (χ0n) is 11.9. The average molecular weight is 285 g/mol. The van der Waals surface area contributed by atoms with Crippen molar-refractivity contribution in [3.8, 4) is 0 Å². The highest BCUT2D eigenvalue weighted by Gasteiger charge is 2.25. The van der Waals surface area contributed by atoms with E-state index in [0.29, 0.717) is 39.5 Å². The molecule has 0 spiro atoms. The van der Waals surface area contributed by atoms with E-state index in [0.717, 1.165) is 6.54 Å². The molecular formula is C13H23N3O4. The molecule has 2 unspecified atom stereocenters. The van der Waals surface area contributed by atoms with Crippen LogP contribution < -0.4 is 10.6 Å². The van der Waals surface area contributed by atoms with Crippen LogP contribution in [-0.4, -0.2) is 74.9 Å². The first-order chi connectivity index (χ1) is 9.66. The number of hydrogen-bond donors (Lipinski definition) is 2. The Labute approximate surface area is 119 Å². The van der Waals surface area contributed by atoms with Crippen molar-refractivity contribution >= 4 is 11.8 Å². The first-order valence-electron chi connectivity index (χ1n) is 7.15. The molecule has 2 rings (SSSR count). The Kier molecular flexibility index (Phi) is 5.75. The maximum atomic E-state index is 12.1. The van der Waals surface area contributed by atoms with Crippen LogP contribution in [0.25, 0.3) is 0 Å². The lowest BCUT2D eigenvalue weighted by atomic mass is 10.2. The van der Waals surface area contributed by atoms with Crippen LogP contribution in [0.5, 0.6) is 0 Å². The van der Waals surface area contributed by atoms with Crippen LogP contribution in [0.4, 0.5) is 0 Å². The summed E-state index contributed by atoms with van der Waals surface area (Å²) in [6.45, 7) is 6.16. The molecule has 20 heavy (non-hydrogen) atoms. The summed E-state index contributed by atoms with van der Waals surface area (Å²) in [6, 6.07) is -0.503. The average Bonchev–Trinajstić information content (AvgIpc) is 2.48. The van der Waals surface area contributed by atoms with Crippen molar-refractivity contribution in [1.82, 2.24) is 15.5 Å². The van der Waals surface area contributed by atoms with E-state index in [1.54, 1.807) is 11.8 Å². The summed E-state index contributed by atoms with van der Waals surface area (Å²) >= 11 is 0. The lowest BCUT2D eigenvalue weighted by molar-refractivity contribution is -0.140. The molecule has 2 aliphatic rings. The molecule has 0 aromatic heterocycles. The van der Waals surface area contributed by atoms with Crippen LogP contribution in [0.1, 0.15) is 13.3 Å². The molecule has 2 saturated heterocycles. The minimum atomic E-state index is -0.503. The minimum Gasteiger partial charge on any atom is -0.378 e. The fourth-order valence-corrected chi connectivity index (χ4v) is 2.38. The van der Waals surface area contributed by atoms with Gasteiger partial charge in [0.05, 0.1) is 32.3 Å². The first-order valence-corrected chi connectivity index (χ1v) is 7.15. The number of hydrogen-bond acceptors (Lipinski definition) is 5. The van der Waals surface area contributed by atoms with E-state index in [1.807, 2.05) is 0 Å². The molecule has 7 heteroatoms. The lowest BCUT2D eigenvalue weighted by Crippen LogP contribution is -2.51. The molecule has 7 nitrogen and oxygen atoms in total. The Balaban J connectivity index is 1.73. The standard InChI is InChI=1S/C13H23N3O4/c1-10(13(18)16-3-6-19-7-4-16)15-12(17)8-11-9-14-2-5-20-11/h10-11,14H,2-9H2,1H3,(H,15,17). The van der Waals surface area contributed by atoms with E-state index in [1.165, 1.54) is 0 Å². The van der Waals surface area contributed by atoms with E-state index < -0.39 is 6.04 Å². The molecule has 2 amide bonds. The number of nitrogens with one attached hydrogen (secondary N) is 2. The third-order valence-electron chi connectivity index (χ3n) is 3.49. The third kappa shape index (κ3) is 4.43. The summed E-state index contributed by atoms with van der Waals surface area (Å²) in [5, 5.41) is 5.92. The van der Waals surface area contributed by atoms with Crippen molar-refractivity contribution in [2.45, 2.75) is 25.5 Å². The van der Waals surface area contributed by atoms with Gasteiger partial charge in [-0.3, -0.25) is 9.59 Å². The quantitative estimate of drug-likeness (QED) is 0.673. The molecule has 2 atom stereocenters. The van der Waals surface area contributed by atoms with Crippen LogP contribution in [0.15, 0.2) is 0 Å². The monoisotopic (exact) mass is 285 g/mol. The number of morpholine rings is 2. The fourth-order valence-electron chi connectivity index (χ4n) is 2.38. The second-order valence-electron chi connectivity index (χ2n) is 5.13. The van der Waals surface area contributed by atoms with Gasteiger partial charge in [0.2, 0.25) is 11.8 Å². The summed E-state index contributed by atoms with van der Waals surface area (Å²) in [4.78, 5) is 25.8. The first kappa shape index (κ1) is 15.2. The molecule has 0 aromatic rings. The summed E-state index contributed by atoms with van der Waals surface area (Å²) in [6.07, 6.45) is 0.183. The summed E-state index contributed by atoms with van der Waals surface area (Å²) in [5.41, 5.74) is 0. The Morgan fingerprint density at radius 1 is 1.35 bits per heavy atom. The zero-order valence-corrected chi connectivity index (χ0v) is 11.9. The van der Waals surface area contributed by atoms with Gasteiger partial charge in [-0.25, -0.2) is 0 Å². The van der Waals surface area contributed by atoms with Gasteiger partial charge in [0.1, 0.15) is 6.04 Å². The normalized spacial score (nSPS) is 25.1. The largest absolute Gasteiger partial charge is 0.378 e. The molecule has 0 aromatic carbocycles. The second kappa shape index (κ2) is 7.56. The van der Waals surface area contributed by atoms with Crippen LogP contribution in [0.2, 0.25) is 0 Å². The van der Waals surface area contributed by atoms with Gasteiger partial charge >= 0.3 is 0 Å². The Morgan fingerprint density at radius 3 is 2.75 bits per heavy atom. The highest BCUT2D eigenvalue weighted by Crippen LogP contribution is 2.04. The summed E-state index contributed by atoms with van der Waals surface area (Å²) in [7, 11) is 0. The van der Waals surface area contributed by atoms with Gasteiger partial charge < -0.3 is 25.0 Å². The highest BCUT2D eigenvalue weighted by molar-refractivity contribution is 5.87. The van der Waals surface area contributed by atoms with Gasteiger partial charge in [0, 0.05) is 26.2 Å². The summed E-state index contributed by atoms with van der Waals surface area (Å²) < 4.78 is 10.7. The Hall–Kier alpha value is -1.18. The van der Waals surface area contributed by atoms with E-state index >= 15 is 0 Å². The molecule has 0 radical (unpaired) electrons. The van der Waals surface area contributed by atoms with Gasteiger partial charge in [-0.15, -0.1) is 0 Å². The van der Waals surface area contributed by atoms with Gasteiger partial charge in [-0.05, 0) is 6.92 Å². The number of rotatable bonds is 4. The lowest BCUT2D eigenvalue weighted by Gasteiger charge is -2.30. The third-order valence-corrected chi connectivity index (χ3v) is 3.49. The zero-order chi connectivity index (χ0) is 14.4. The van der Waals surface area contributed by atoms with Crippen molar-refractivity contribution in [1.29, 1.82) is 0 Å². The summed E-state index contributed by atoms with van der Waals surface area (Å²) in [5.74, 6) is -0.197. The van der Waals surface area contributed by atoms with Crippen molar-refractivity contribution in [2.24, 2.45) is 0 Å². The van der Waals surface area contributed by atoms with Crippen molar-refractivity contribution < 1.29 is 19.1 Å². The van der Waals surface area contributed by atoms with Gasteiger partial charge in [0.15, 0.2) is 0 Å². The second-order valence-corrected chi connectivity index (χ2v) is 5.13. The smallest absolute Gasteiger partial charge is 0.245 e. The molecular weight excluding hydrogens is 262 g/mol. The molecule has 2 aliphatic heterocycles. The molecule has 2 fully saturated rings. The highest BCUT2D eigenvalue weighted by atomic mass is 16.5. The molecule has 114 valence electrons. The van der Waals surface area contributed by atoms with Gasteiger partial charge in [-0.1, -0.05) is 0 Å². The fraction of sp³-hybridized carbons (Fsp3) is 0.846. The maximum Gasteiger partial charge on any atom is 0.245 e. The molecule has 0 bridgehead atoms. The molecule has 2 N–H and O–H groups in total. The van der Waals surface area contributed by atoms with Gasteiger partial charge in [-0.2, -0.15) is 0 Å². The number of carbonyl (C=O) groups is 2. The van der Waals surface area contributed by atoms with E-state index in [4.69, 9.17) is 9.47 Å². The van der Waals surface area contributed by atoms with Crippen molar-refractivity contribution in [3.05, 3.63) is 0 Å². The van der Waals surface area contributed by atoms with Crippen molar-refractivity contribution in [2.75, 3.05) is 46.0 Å². The number of nitrogens with zero attached hydrogens (tertiary/aromatic N) is 1. The number of carbonyl (C=O) groups excluding carboxylic acids is 2. The Morgan fingerprint density at radius 2 is 2.10 bits per heavy atom. The van der Waals surface area contributed by atoms with Crippen molar-refractivity contribution in [3.63, 3.8) is 0 Å². The van der Waals surface area contributed by atoms with Crippen LogP contribution in [0.3, 0.4) is 0 Å². The number of ether oxygens (including phenoxy) is 2. The maximum absolute atomic E-state index is 12.1. The minimum absolute atomic E-state index is 0.0515. The Bertz CT molecular complexity index is 339. The molecule has 0 aliphatic carbocycles. The van der Waals surface area contributed by atoms with Crippen LogP contribution >= 0.6 is 0 Å². The number of amides is 2. The molecule has 0 saturated carbocycles.